The lowest BCUT2D eigenvalue weighted by atomic mass is 9.98. The normalized spacial score (nSPS) is 29.3. The Labute approximate surface area is 137 Å². The number of carbonyl (C=O) groups is 4. The summed E-state index contributed by atoms with van der Waals surface area (Å²) in [6.45, 7) is 4.09. The first-order valence-electron chi connectivity index (χ1n) is 7.10. The molecule has 1 heterocycles. The van der Waals surface area contributed by atoms with Gasteiger partial charge in [-0.25, -0.2) is 0 Å². The van der Waals surface area contributed by atoms with Crippen LogP contribution in [0.2, 0.25) is 0 Å². The molecule has 0 aromatic carbocycles. The van der Waals surface area contributed by atoms with Gasteiger partial charge in [-0.2, -0.15) is 0 Å². The number of hydrogen-bond donors (Lipinski definition) is 1. The average molecular weight is 348 g/mol. The van der Waals surface area contributed by atoms with Crippen LogP contribution in [0, 0.1) is 0 Å². The largest absolute Gasteiger partial charge is 0.463 e. The Morgan fingerprint density at radius 3 is 1.79 bits per heavy atom. The first kappa shape index (κ1) is 19.8. The number of carbonyl (C=O) groups excluding carboxylic acids is 4. The van der Waals surface area contributed by atoms with Crippen LogP contribution in [-0.2, 0) is 42.9 Å². The topological polar surface area (TPSA) is 135 Å². The van der Waals surface area contributed by atoms with E-state index in [-0.39, 0.29) is 6.61 Å². The summed E-state index contributed by atoms with van der Waals surface area (Å²) < 4.78 is 25.0. The van der Waals surface area contributed by atoms with Crippen molar-refractivity contribution in [3.8, 4) is 0 Å². The molecular weight excluding hydrogens is 328 g/mol. The molecule has 1 aliphatic heterocycles. The average Bonchev–Trinajstić information content (AvgIpc) is 2.42. The Morgan fingerprint density at radius 1 is 0.833 bits per heavy atom. The molecule has 24 heavy (non-hydrogen) atoms. The van der Waals surface area contributed by atoms with Gasteiger partial charge in [0.15, 0.2) is 18.3 Å². The minimum Gasteiger partial charge on any atom is -0.463 e. The van der Waals surface area contributed by atoms with Crippen molar-refractivity contribution in [1.82, 2.24) is 0 Å². The third-order valence-electron chi connectivity index (χ3n) is 2.95. The molecule has 10 nitrogen and oxygen atoms in total. The van der Waals surface area contributed by atoms with Gasteiger partial charge < -0.3 is 28.8 Å². The van der Waals surface area contributed by atoms with Crippen LogP contribution in [0.15, 0.2) is 0 Å². The van der Waals surface area contributed by atoms with E-state index in [0.717, 1.165) is 27.7 Å². The smallest absolute Gasteiger partial charge is 0.305 e. The van der Waals surface area contributed by atoms with Crippen LogP contribution in [0.25, 0.3) is 0 Å². The number of aliphatic hydroxyl groups is 1. The van der Waals surface area contributed by atoms with E-state index in [1.165, 1.54) is 0 Å². The van der Waals surface area contributed by atoms with E-state index >= 15 is 0 Å². The zero-order valence-electron chi connectivity index (χ0n) is 13.7. The molecular formula is C14H20O10. The second-order valence-corrected chi connectivity index (χ2v) is 5.09. The Balaban J connectivity index is 3.08. The maximum atomic E-state index is 11.3. The molecule has 0 aromatic rings. The van der Waals surface area contributed by atoms with Crippen molar-refractivity contribution in [2.75, 3.05) is 6.61 Å². The molecule has 0 bridgehead atoms. The van der Waals surface area contributed by atoms with Gasteiger partial charge in [0, 0.05) is 27.7 Å². The molecule has 0 aliphatic carbocycles. The highest BCUT2D eigenvalue weighted by molar-refractivity contribution is 5.68. The van der Waals surface area contributed by atoms with Crippen molar-refractivity contribution in [2.24, 2.45) is 0 Å². The molecule has 1 aliphatic rings. The Bertz CT molecular complexity index is 486. The van der Waals surface area contributed by atoms with Crippen molar-refractivity contribution < 1.29 is 48.0 Å². The predicted molar refractivity (Wildman–Crippen MR) is 74.2 cm³/mol. The molecule has 1 fully saturated rings. The molecule has 0 saturated carbocycles. The Morgan fingerprint density at radius 2 is 1.33 bits per heavy atom. The lowest BCUT2D eigenvalue weighted by Gasteiger charge is -2.42. The van der Waals surface area contributed by atoms with E-state index in [9.17, 15) is 24.3 Å². The van der Waals surface area contributed by atoms with Gasteiger partial charge in [-0.3, -0.25) is 19.2 Å². The van der Waals surface area contributed by atoms with Crippen molar-refractivity contribution >= 4 is 23.9 Å². The molecule has 0 aromatic heterocycles. The number of ether oxygens (including phenoxy) is 5. The van der Waals surface area contributed by atoms with E-state index in [1.807, 2.05) is 0 Å². The van der Waals surface area contributed by atoms with Crippen molar-refractivity contribution in [2.45, 2.75) is 58.4 Å². The van der Waals surface area contributed by atoms with Gasteiger partial charge in [0.25, 0.3) is 0 Å². The standard InChI is InChI=1S/C14H20O10/c1-6(15)20-5-10-12(21-7(2)16)13(22-8(3)17)11(19)14(24-10)23-9(4)18/h10-14,19H,5H2,1-4H3/t10-,11+,12-,13-,14-/m0/s1. The molecule has 5 atom stereocenters. The van der Waals surface area contributed by atoms with Gasteiger partial charge >= 0.3 is 23.9 Å². The van der Waals surface area contributed by atoms with Crippen LogP contribution < -0.4 is 0 Å². The molecule has 0 spiro atoms. The van der Waals surface area contributed by atoms with Crippen molar-refractivity contribution in [3.05, 3.63) is 0 Å². The summed E-state index contributed by atoms with van der Waals surface area (Å²) in [5.74, 6) is -2.87. The first-order chi connectivity index (χ1) is 11.1. The predicted octanol–water partition coefficient (Wildman–Crippen LogP) is -0.938. The fourth-order valence-electron chi connectivity index (χ4n) is 2.15. The fraction of sp³-hybridized carbons (Fsp3) is 0.714. The van der Waals surface area contributed by atoms with E-state index in [1.54, 1.807) is 0 Å². The summed E-state index contributed by atoms with van der Waals surface area (Å²) in [6, 6.07) is 0. The Hall–Kier alpha value is -2.20. The maximum absolute atomic E-state index is 11.3. The number of hydrogen-bond acceptors (Lipinski definition) is 10. The molecule has 1 rings (SSSR count). The third-order valence-corrected chi connectivity index (χ3v) is 2.95. The third kappa shape index (κ3) is 5.78. The highest BCUT2D eigenvalue weighted by atomic mass is 16.7. The molecule has 10 heteroatoms. The number of aliphatic hydroxyl groups excluding tert-OH is 1. The molecule has 136 valence electrons. The van der Waals surface area contributed by atoms with E-state index in [2.05, 4.69) is 0 Å². The monoisotopic (exact) mass is 348 g/mol. The second-order valence-electron chi connectivity index (χ2n) is 5.09. The summed E-state index contributed by atoms with van der Waals surface area (Å²) in [4.78, 5) is 44.7. The minimum atomic E-state index is -1.60. The minimum absolute atomic E-state index is 0.366. The van der Waals surface area contributed by atoms with Gasteiger partial charge in [0.2, 0.25) is 6.29 Å². The van der Waals surface area contributed by atoms with Crippen LogP contribution in [0.5, 0.6) is 0 Å². The van der Waals surface area contributed by atoms with Gasteiger partial charge in [0.1, 0.15) is 12.7 Å². The summed E-state index contributed by atoms with van der Waals surface area (Å²) in [6.07, 6.45) is -6.83. The second kappa shape index (κ2) is 8.60. The quantitative estimate of drug-likeness (QED) is 0.490. The molecule has 0 unspecified atom stereocenters. The van der Waals surface area contributed by atoms with E-state index in [0.29, 0.717) is 0 Å². The Kier molecular flexibility index (Phi) is 7.11. The maximum Gasteiger partial charge on any atom is 0.305 e. The van der Waals surface area contributed by atoms with E-state index in [4.69, 9.17) is 23.7 Å². The van der Waals surface area contributed by atoms with Gasteiger partial charge in [0.05, 0.1) is 0 Å². The van der Waals surface area contributed by atoms with Crippen molar-refractivity contribution in [3.63, 3.8) is 0 Å². The summed E-state index contributed by atoms with van der Waals surface area (Å²) in [5.41, 5.74) is 0. The SMILES string of the molecule is CC(=O)OC[C@@H]1O[C@H](OC(C)=O)[C@H](O)[C@H](OC(C)=O)[C@H]1OC(C)=O. The highest BCUT2D eigenvalue weighted by Gasteiger charge is 2.51. The fourth-order valence-corrected chi connectivity index (χ4v) is 2.15. The molecule has 0 amide bonds. The molecule has 1 saturated heterocycles. The molecule has 0 radical (unpaired) electrons. The zero-order chi connectivity index (χ0) is 18.4. The zero-order valence-corrected chi connectivity index (χ0v) is 13.7. The lowest BCUT2D eigenvalue weighted by molar-refractivity contribution is -0.297. The highest BCUT2D eigenvalue weighted by Crippen LogP contribution is 2.27. The van der Waals surface area contributed by atoms with E-state index < -0.39 is 54.6 Å². The summed E-state index contributed by atoms with van der Waals surface area (Å²) in [7, 11) is 0. The van der Waals surface area contributed by atoms with Crippen LogP contribution >= 0.6 is 0 Å². The summed E-state index contributed by atoms with van der Waals surface area (Å²) in [5, 5.41) is 10.2. The van der Waals surface area contributed by atoms with Crippen LogP contribution in [-0.4, -0.2) is 66.3 Å². The summed E-state index contributed by atoms with van der Waals surface area (Å²) >= 11 is 0. The number of rotatable bonds is 5. The lowest BCUT2D eigenvalue weighted by Crippen LogP contribution is -2.62. The van der Waals surface area contributed by atoms with Crippen LogP contribution in [0.3, 0.4) is 0 Å². The van der Waals surface area contributed by atoms with Gasteiger partial charge in [-0.1, -0.05) is 0 Å². The van der Waals surface area contributed by atoms with Crippen LogP contribution in [0.1, 0.15) is 27.7 Å². The molecule has 1 N–H and O–H groups in total. The first-order valence-corrected chi connectivity index (χ1v) is 7.10. The van der Waals surface area contributed by atoms with Gasteiger partial charge in [-0.05, 0) is 0 Å². The van der Waals surface area contributed by atoms with Crippen molar-refractivity contribution in [1.29, 1.82) is 0 Å². The number of esters is 4. The van der Waals surface area contributed by atoms with Gasteiger partial charge in [-0.15, -0.1) is 0 Å². The van der Waals surface area contributed by atoms with Crippen LogP contribution in [0.4, 0.5) is 0 Å².